The fourth-order valence-corrected chi connectivity index (χ4v) is 2.81. The van der Waals surface area contributed by atoms with Crippen LogP contribution in [0.3, 0.4) is 0 Å². The lowest BCUT2D eigenvalue weighted by molar-refractivity contribution is -0.385. The molecule has 5 nitrogen and oxygen atoms in total. The molecule has 1 N–H and O–H groups in total. The molecule has 6 heteroatoms. The largest absolute Gasteiger partial charge is 0.369 e. The summed E-state index contributed by atoms with van der Waals surface area (Å²) >= 11 is 6.00. The number of hydrogen-bond donors (Lipinski definition) is 1. The third-order valence-corrected chi connectivity index (χ3v) is 4.15. The van der Waals surface area contributed by atoms with E-state index in [1.165, 1.54) is 37.9 Å². The Bertz CT molecular complexity index is 467. The van der Waals surface area contributed by atoms with Gasteiger partial charge in [0, 0.05) is 12.6 Å². The first-order valence-electron chi connectivity index (χ1n) is 6.61. The van der Waals surface area contributed by atoms with Crippen LogP contribution in [0.1, 0.15) is 32.6 Å². The average Bonchev–Trinajstić information content (AvgIpc) is 2.39. The Kier molecular flexibility index (Phi) is 4.58. The highest BCUT2D eigenvalue weighted by Crippen LogP contribution is 2.30. The van der Waals surface area contributed by atoms with Crippen LogP contribution in [0.4, 0.5) is 11.5 Å². The molecule has 1 aromatic heterocycles. The number of nitrogens with zero attached hydrogens (tertiary/aromatic N) is 2. The fourth-order valence-electron chi connectivity index (χ4n) is 2.58. The molecule has 0 aromatic carbocycles. The van der Waals surface area contributed by atoms with Gasteiger partial charge in [0.05, 0.1) is 9.95 Å². The van der Waals surface area contributed by atoms with E-state index in [0.717, 1.165) is 6.54 Å². The van der Waals surface area contributed by atoms with Crippen molar-refractivity contribution < 1.29 is 4.92 Å². The maximum absolute atomic E-state index is 10.6. The normalized spacial score (nSPS) is 23.1. The number of anilines is 1. The number of rotatable bonds is 4. The number of nitrogens with one attached hydrogen (secondary N) is 1. The summed E-state index contributed by atoms with van der Waals surface area (Å²) in [7, 11) is 0. The van der Waals surface area contributed by atoms with E-state index in [9.17, 15) is 10.1 Å². The molecule has 0 amide bonds. The van der Waals surface area contributed by atoms with Gasteiger partial charge in [-0.05, 0) is 18.3 Å². The maximum Gasteiger partial charge on any atom is 0.289 e. The summed E-state index contributed by atoms with van der Waals surface area (Å²) in [5.41, 5.74) is -0.0819. The number of nitro groups is 1. The molecule has 0 bridgehead atoms. The predicted octanol–water partition coefficient (Wildman–Crippen LogP) is 3.88. The van der Waals surface area contributed by atoms with E-state index in [1.54, 1.807) is 0 Å². The molecule has 2 rings (SSSR count). The molecule has 1 aromatic rings. The van der Waals surface area contributed by atoms with Gasteiger partial charge in [-0.3, -0.25) is 10.1 Å². The molecule has 0 radical (unpaired) electrons. The smallest absolute Gasteiger partial charge is 0.289 e. The topological polar surface area (TPSA) is 68.1 Å². The van der Waals surface area contributed by atoms with Crippen LogP contribution in [0.15, 0.2) is 12.3 Å². The average molecular weight is 284 g/mol. The molecule has 2 unspecified atom stereocenters. The van der Waals surface area contributed by atoms with Crippen LogP contribution in [0.5, 0.6) is 0 Å². The molecular weight excluding hydrogens is 266 g/mol. The second kappa shape index (κ2) is 6.19. The van der Waals surface area contributed by atoms with Gasteiger partial charge in [0.2, 0.25) is 0 Å². The van der Waals surface area contributed by atoms with Crippen LogP contribution >= 0.6 is 11.6 Å². The predicted molar refractivity (Wildman–Crippen MR) is 75.5 cm³/mol. The molecule has 2 atom stereocenters. The van der Waals surface area contributed by atoms with Gasteiger partial charge in [0.15, 0.2) is 0 Å². The van der Waals surface area contributed by atoms with Crippen LogP contribution in [-0.4, -0.2) is 16.5 Å². The summed E-state index contributed by atoms with van der Waals surface area (Å²) in [5, 5.41) is 14.1. The Labute approximate surface area is 117 Å². The van der Waals surface area contributed by atoms with Crippen molar-refractivity contribution >= 4 is 23.1 Å². The first-order chi connectivity index (χ1) is 9.08. The Hall–Kier alpha value is -1.36. The zero-order valence-corrected chi connectivity index (χ0v) is 11.7. The third kappa shape index (κ3) is 3.56. The summed E-state index contributed by atoms with van der Waals surface area (Å²) in [6.07, 6.45) is 6.32. The van der Waals surface area contributed by atoms with Crippen molar-refractivity contribution in [2.24, 2.45) is 11.8 Å². The van der Waals surface area contributed by atoms with Crippen molar-refractivity contribution in [3.63, 3.8) is 0 Å². The summed E-state index contributed by atoms with van der Waals surface area (Å²) in [5.74, 6) is 1.87. The van der Waals surface area contributed by atoms with E-state index >= 15 is 0 Å². The Balaban J connectivity index is 1.97. The number of pyridine rings is 1. The zero-order chi connectivity index (χ0) is 13.8. The summed E-state index contributed by atoms with van der Waals surface area (Å²) in [4.78, 5) is 14.1. The quantitative estimate of drug-likeness (QED) is 0.672. The number of aromatic nitrogens is 1. The first-order valence-corrected chi connectivity index (χ1v) is 6.99. The minimum atomic E-state index is -0.494. The Morgan fingerprint density at radius 3 is 2.89 bits per heavy atom. The van der Waals surface area contributed by atoms with Crippen molar-refractivity contribution in [1.82, 2.24) is 4.98 Å². The molecule has 0 saturated heterocycles. The van der Waals surface area contributed by atoms with E-state index < -0.39 is 4.92 Å². The number of hydrogen-bond acceptors (Lipinski definition) is 4. The lowest BCUT2D eigenvalue weighted by Crippen LogP contribution is -2.24. The second-order valence-electron chi connectivity index (χ2n) is 5.18. The Morgan fingerprint density at radius 1 is 1.53 bits per heavy atom. The lowest BCUT2D eigenvalue weighted by atomic mass is 9.80. The minimum absolute atomic E-state index is 0.0819. The molecule has 104 valence electrons. The van der Waals surface area contributed by atoms with Crippen LogP contribution in [-0.2, 0) is 0 Å². The van der Waals surface area contributed by atoms with Gasteiger partial charge in [0.1, 0.15) is 12.0 Å². The standard InChI is InChI=1S/C13H18ClN3O2/c1-9-4-2-3-5-10(9)7-15-13-12(14)6-11(8-16-13)17(18)19/h6,8-10H,2-5,7H2,1H3,(H,15,16). The van der Waals surface area contributed by atoms with Gasteiger partial charge >= 0.3 is 0 Å². The SMILES string of the molecule is CC1CCCCC1CNc1ncc([N+](=O)[O-])cc1Cl. The second-order valence-corrected chi connectivity index (χ2v) is 5.59. The van der Waals surface area contributed by atoms with Crippen molar-refractivity contribution in [3.8, 4) is 0 Å². The van der Waals surface area contributed by atoms with E-state index in [4.69, 9.17) is 11.6 Å². The molecule has 1 aliphatic rings. The summed E-state index contributed by atoms with van der Waals surface area (Å²) < 4.78 is 0. The monoisotopic (exact) mass is 283 g/mol. The highest BCUT2D eigenvalue weighted by atomic mass is 35.5. The van der Waals surface area contributed by atoms with Gasteiger partial charge in [-0.1, -0.05) is 37.8 Å². The first kappa shape index (κ1) is 14.1. The fraction of sp³-hybridized carbons (Fsp3) is 0.615. The van der Waals surface area contributed by atoms with Crippen molar-refractivity contribution in [1.29, 1.82) is 0 Å². The van der Waals surface area contributed by atoms with Crippen molar-refractivity contribution in [2.45, 2.75) is 32.6 Å². The van der Waals surface area contributed by atoms with Gasteiger partial charge in [-0.15, -0.1) is 0 Å². The Morgan fingerprint density at radius 2 is 2.26 bits per heavy atom. The van der Waals surface area contributed by atoms with E-state index in [2.05, 4.69) is 17.2 Å². The van der Waals surface area contributed by atoms with Crippen molar-refractivity contribution in [3.05, 3.63) is 27.4 Å². The molecule has 1 heterocycles. The lowest BCUT2D eigenvalue weighted by Gasteiger charge is -2.29. The summed E-state index contributed by atoms with van der Waals surface area (Å²) in [6.45, 7) is 3.10. The molecule has 19 heavy (non-hydrogen) atoms. The van der Waals surface area contributed by atoms with Crippen LogP contribution < -0.4 is 5.32 Å². The van der Waals surface area contributed by atoms with Gasteiger partial charge in [-0.25, -0.2) is 4.98 Å². The molecule has 0 spiro atoms. The highest BCUT2D eigenvalue weighted by Gasteiger charge is 2.21. The molecule has 0 aliphatic heterocycles. The van der Waals surface area contributed by atoms with Crippen molar-refractivity contribution in [2.75, 3.05) is 11.9 Å². The van der Waals surface area contributed by atoms with Crippen LogP contribution in [0, 0.1) is 22.0 Å². The van der Waals surface area contributed by atoms with Gasteiger partial charge in [0.25, 0.3) is 5.69 Å². The minimum Gasteiger partial charge on any atom is -0.369 e. The molecule has 1 fully saturated rings. The van der Waals surface area contributed by atoms with E-state index in [0.29, 0.717) is 22.7 Å². The van der Waals surface area contributed by atoms with Crippen LogP contribution in [0.2, 0.25) is 5.02 Å². The van der Waals surface area contributed by atoms with Gasteiger partial charge < -0.3 is 5.32 Å². The zero-order valence-electron chi connectivity index (χ0n) is 10.9. The summed E-state index contributed by atoms with van der Waals surface area (Å²) in [6, 6.07) is 1.33. The molecule has 1 aliphatic carbocycles. The molecule has 1 saturated carbocycles. The maximum atomic E-state index is 10.6. The van der Waals surface area contributed by atoms with Gasteiger partial charge in [-0.2, -0.15) is 0 Å². The van der Waals surface area contributed by atoms with Crippen LogP contribution in [0.25, 0.3) is 0 Å². The number of halogens is 1. The third-order valence-electron chi connectivity index (χ3n) is 3.86. The van der Waals surface area contributed by atoms with E-state index in [1.807, 2.05) is 0 Å². The highest BCUT2D eigenvalue weighted by molar-refractivity contribution is 6.33. The molecular formula is C13H18ClN3O2. The van der Waals surface area contributed by atoms with E-state index in [-0.39, 0.29) is 5.69 Å².